The van der Waals surface area contributed by atoms with E-state index in [0.717, 1.165) is 32.1 Å². The first-order valence-corrected chi connectivity index (χ1v) is 6.81. The van der Waals surface area contributed by atoms with E-state index in [9.17, 15) is 9.90 Å². The molecule has 1 saturated carbocycles. The van der Waals surface area contributed by atoms with E-state index in [4.69, 9.17) is 9.15 Å². The van der Waals surface area contributed by atoms with Crippen LogP contribution >= 0.6 is 0 Å². The summed E-state index contributed by atoms with van der Waals surface area (Å²) >= 11 is 0. The largest absolute Gasteiger partial charge is 0.467 e. The van der Waals surface area contributed by atoms with Crippen LogP contribution in [0.4, 0.5) is 4.79 Å². The number of rotatable bonds is 2. The summed E-state index contributed by atoms with van der Waals surface area (Å²) in [7, 11) is 0. The van der Waals surface area contributed by atoms with Gasteiger partial charge in [-0.2, -0.15) is 0 Å². The molecule has 1 spiro atoms. The Bertz CT molecular complexity index is 460. The number of hydrogen-bond donors (Lipinski definition) is 1. The Morgan fingerprint density at radius 2 is 2.11 bits per heavy atom. The van der Waals surface area contributed by atoms with Gasteiger partial charge in [0.2, 0.25) is 0 Å². The molecule has 104 valence electrons. The molecular weight excluding hydrogens is 246 g/mol. The third-order valence-electron chi connectivity index (χ3n) is 4.45. The zero-order valence-corrected chi connectivity index (χ0v) is 11.1. The van der Waals surface area contributed by atoms with Gasteiger partial charge in [-0.3, -0.25) is 4.90 Å². The quantitative estimate of drug-likeness (QED) is 0.893. The fourth-order valence-electron chi connectivity index (χ4n) is 3.22. The number of aliphatic hydroxyl groups is 1. The predicted molar refractivity (Wildman–Crippen MR) is 67.2 cm³/mol. The number of hydrogen-bond acceptors (Lipinski definition) is 4. The van der Waals surface area contributed by atoms with Crippen LogP contribution in [-0.4, -0.2) is 27.4 Å². The lowest BCUT2D eigenvalue weighted by Crippen LogP contribution is -2.56. The van der Waals surface area contributed by atoms with E-state index in [2.05, 4.69) is 0 Å². The number of carbonyl (C=O) groups is 1. The zero-order valence-electron chi connectivity index (χ0n) is 11.1. The maximum Gasteiger partial charge on any atom is 0.413 e. The highest BCUT2D eigenvalue weighted by Crippen LogP contribution is 2.47. The predicted octanol–water partition coefficient (Wildman–Crippen LogP) is 2.64. The van der Waals surface area contributed by atoms with Gasteiger partial charge in [-0.15, -0.1) is 0 Å². The molecule has 0 radical (unpaired) electrons. The summed E-state index contributed by atoms with van der Waals surface area (Å²) < 4.78 is 10.8. The Balaban J connectivity index is 1.87. The molecule has 3 rings (SSSR count). The third kappa shape index (κ3) is 1.84. The molecule has 1 aliphatic carbocycles. The van der Waals surface area contributed by atoms with Crippen LogP contribution in [0.15, 0.2) is 22.8 Å². The van der Waals surface area contributed by atoms with Crippen molar-refractivity contribution in [1.29, 1.82) is 0 Å². The Morgan fingerprint density at radius 1 is 1.37 bits per heavy atom. The summed E-state index contributed by atoms with van der Waals surface area (Å²) in [4.78, 5) is 13.5. The molecule has 19 heavy (non-hydrogen) atoms. The second-order valence-corrected chi connectivity index (χ2v) is 5.61. The Morgan fingerprint density at radius 3 is 2.74 bits per heavy atom. The summed E-state index contributed by atoms with van der Waals surface area (Å²) in [6, 6.07) is 3.55. The second kappa shape index (κ2) is 4.27. The van der Waals surface area contributed by atoms with E-state index in [1.807, 2.05) is 0 Å². The van der Waals surface area contributed by atoms with Crippen LogP contribution in [0.5, 0.6) is 0 Å². The van der Waals surface area contributed by atoms with E-state index in [0.29, 0.717) is 5.76 Å². The molecule has 0 bridgehead atoms. The second-order valence-electron chi connectivity index (χ2n) is 5.61. The molecule has 5 nitrogen and oxygen atoms in total. The van der Waals surface area contributed by atoms with Crippen molar-refractivity contribution < 1.29 is 19.1 Å². The van der Waals surface area contributed by atoms with Crippen molar-refractivity contribution in [3.05, 3.63) is 24.2 Å². The first-order chi connectivity index (χ1) is 9.05. The van der Waals surface area contributed by atoms with E-state index < -0.39 is 17.4 Å². The minimum absolute atomic E-state index is 0.237. The highest BCUT2D eigenvalue weighted by Gasteiger charge is 2.61. The van der Waals surface area contributed by atoms with Gasteiger partial charge >= 0.3 is 6.09 Å². The Labute approximate surface area is 112 Å². The van der Waals surface area contributed by atoms with Gasteiger partial charge in [-0.25, -0.2) is 4.79 Å². The van der Waals surface area contributed by atoms with Gasteiger partial charge in [0.05, 0.1) is 12.8 Å². The average Bonchev–Trinajstić information content (AvgIpc) is 2.94. The molecule has 0 aromatic carbocycles. The average molecular weight is 265 g/mol. The van der Waals surface area contributed by atoms with Crippen molar-refractivity contribution in [1.82, 2.24) is 4.90 Å². The molecule has 1 atom stereocenters. The van der Waals surface area contributed by atoms with Crippen LogP contribution in [0.25, 0.3) is 0 Å². The minimum atomic E-state index is -1.28. The molecule has 1 saturated heterocycles. The molecule has 1 aromatic heterocycles. The van der Waals surface area contributed by atoms with Crippen LogP contribution in [-0.2, 0) is 11.3 Å². The molecule has 2 fully saturated rings. The van der Waals surface area contributed by atoms with Crippen molar-refractivity contribution >= 4 is 6.09 Å². The van der Waals surface area contributed by atoms with Gasteiger partial charge in [-0.05, 0) is 44.7 Å². The van der Waals surface area contributed by atoms with Crippen LogP contribution in [0.2, 0.25) is 0 Å². The van der Waals surface area contributed by atoms with Gasteiger partial charge in [0.15, 0.2) is 11.3 Å². The number of nitrogens with zero attached hydrogens (tertiary/aromatic N) is 1. The van der Waals surface area contributed by atoms with Crippen molar-refractivity contribution in [2.24, 2.45) is 0 Å². The molecule has 1 unspecified atom stereocenters. The molecule has 2 heterocycles. The number of furan rings is 1. The zero-order chi connectivity index (χ0) is 13.5. The standard InChI is InChI=1S/C14H19NO4/c1-13(17)14(7-3-2-4-8-14)19-12(16)15(13)10-11-6-5-9-18-11/h5-6,9,17H,2-4,7-8,10H2,1H3. The summed E-state index contributed by atoms with van der Waals surface area (Å²) in [5.41, 5.74) is -2.04. The molecule has 1 aliphatic heterocycles. The first kappa shape index (κ1) is 12.5. The summed E-state index contributed by atoms with van der Waals surface area (Å²) in [5.74, 6) is 0.644. The monoisotopic (exact) mass is 265 g/mol. The minimum Gasteiger partial charge on any atom is -0.467 e. The smallest absolute Gasteiger partial charge is 0.413 e. The molecule has 1 amide bonds. The lowest BCUT2D eigenvalue weighted by molar-refractivity contribution is -0.161. The van der Waals surface area contributed by atoms with Gasteiger partial charge in [0, 0.05) is 0 Å². The van der Waals surface area contributed by atoms with E-state index in [1.165, 1.54) is 4.90 Å². The van der Waals surface area contributed by atoms with Gasteiger partial charge in [0.25, 0.3) is 0 Å². The first-order valence-electron chi connectivity index (χ1n) is 6.81. The van der Waals surface area contributed by atoms with E-state index in [-0.39, 0.29) is 6.54 Å². The van der Waals surface area contributed by atoms with E-state index >= 15 is 0 Å². The van der Waals surface area contributed by atoms with Crippen LogP contribution in [0, 0.1) is 0 Å². The summed E-state index contributed by atoms with van der Waals surface area (Å²) in [6.07, 6.45) is 5.65. The number of amides is 1. The summed E-state index contributed by atoms with van der Waals surface area (Å²) in [6.45, 7) is 1.91. The number of ether oxygens (including phenoxy) is 1. The fraction of sp³-hybridized carbons (Fsp3) is 0.643. The Kier molecular flexibility index (Phi) is 2.82. The highest BCUT2D eigenvalue weighted by atomic mass is 16.6. The van der Waals surface area contributed by atoms with Crippen molar-refractivity contribution in [2.45, 2.75) is 56.9 Å². The van der Waals surface area contributed by atoms with Crippen LogP contribution in [0.3, 0.4) is 0 Å². The maximum atomic E-state index is 12.1. The summed E-state index contributed by atoms with van der Waals surface area (Å²) in [5, 5.41) is 10.8. The van der Waals surface area contributed by atoms with Gasteiger partial charge < -0.3 is 14.3 Å². The van der Waals surface area contributed by atoms with E-state index in [1.54, 1.807) is 25.3 Å². The molecule has 1 N–H and O–H groups in total. The number of carbonyl (C=O) groups excluding carboxylic acids is 1. The van der Waals surface area contributed by atoms with Gasteiger partial charge in [-0.1, -0.05) is 6.42 Å². The topological polar surface area (TPSA) is 62.9 Å². The maximum absolute atomic E-state index is 12.1. The van der Waals surface area contributed by atoms with Gasteiger partial charge in [0.1, 0.15) is 5.76 Å². The SMILES string of the molecule is CC1(O)N(Cc2ccco2)C(=O)OC12CCCCC2. The highest BCUT2D eigenvalue weighted by molar-refractivity contribution is 5.72. The van der Waals surface area contributed by atoms with Crippen molar-refractivity contribution in [3.8, 4) is 0 Å². The molecule has 5 heteroatoms. The Hall–Kier alpha value is -1.49. The normalized spacial score (nSPS) is 29.8. The molecular formula is C14H19NO4. The lowest BCUT2D eigenvalue weighted by atomic mass is 9.77. The van der Waals surface area contributed by atoms with Crippen molar-refractivity contribution in [2.75, 3.05) is 0 Å². The van der Waals surface area contributed by atoms with Crippen molar-refractivity contribution in [3.63, 3.8) is 0 Å². The fourth-order valence-corrected chi connectivity index (χ4v) is 3.22. The lowest BCUT2D eigenvalue weighted by Gasteiger charge is -2.41. The molecule has 1 aromatic rings. The van der Waals surface area contributed by atoms with Crippen LogP contribution < -0.4 is 0 Å². The third-order valence-corrected chi connectivity index (χ3v) is 4.45. The molecule has 2 aliphatic rings. The van der Waals surface area contributed by atoms with Crippen LogP contribution in [0.1, 0.15) is 44.8 Å².